The number of nitrogens with two attached hydrogens (primary N) is 1. The molecule has 0 fully saturated rings. The first-order valence-corrected chi connectivity index (χ1v) is 5.86. The third kappa shape index (κ3) is 3.04. The highest BCUT2D eigenvalue weighted by atomic mass is 16.5. The van der Waals surface area contributed by atoms with Crippen molar-refractivity contribution >= 4 is 11.7 Å². The van der Waals surface area contributed by atoms with E-state index in [9.17, 15) is 4.79 Å². The lowest BCUT2D eigenvalue weighted by atomic mass is 10.1. The van der Waals surface area contributed by atoms with Crippen molar-refractivity contribution in [3.05, 3.63) is 59.7 Å². The van der Waals surface area contributed by atoms with Crippen LogP contribution in [0.4, 0.5) is 5.69 Å². The standard InChI is InChI=1S/C15H15NO3/c1-18-15(17)12-8-5-9-13(16)14(12)19-10-11-6-3-2-4-7-11/h2-9H,10,16H2,1H3. The monoisotopic (exact) mass is 257 g/mol. The molecular weight excluding hydrogens is 242 g/mol. The summed E-state index contributed by atoms with van der Waals surface area (Å²) in [5, 5.41) is 0. The van der Waals surface area contributed by atoms with Gasteiger partial charge in [-0.05, 0) is 17.7 Å². The highest BCUT2D eigenvalue weighted by Gasteiger charge is 2.15. The summed E-state index contributed by atoms with van der Waals surface area (Å²) in [5.74, 6) is -0.103. The molecule has 0 spiro atoms. The molecule has 0 bridgehead atoms. The van der Waals surface area contributed by atoms with E-state index in [-0.39, 0.29) is 0 Å². The van der Waals surface area contributed by atoms with Crippen LogP contribution in [0.25, 0.3) is 0 Å². The summed E-state index contributed by atoms with van der Waals surface area (Å²) in [4.78, 5) is 11.6. The molecule has 0 unspecified atom stereocenters. The molecule has 98 valence electrons. The molecule has 0 saturated heterocycles. The molecule has 2 aromatic rings. The zero-order valence-electron chi connectivity index (χ0n) is 10.6. The Morgan fingerprint density at radius 2 is 1.84 bits per heavy atom. The van der Waals surface area contributed by atoms with Gasteiger partial charge in [-0.3, -0.25) is 0 Å². The van der Waals surface area contributed by atoms with Crippen molar-refractivity contribution in [2.75, 3.05) is 12.8 Å². The van der Waals surface area contributed by atoms with Crippen molar-refractivity contribution in [2.45, 2.75) is 6.61 Å². The summed E-state index contributed by atoms with van der Waals surface area (Å²) in [6.07, 6.45) is 0. The number of hydrogen-bond donors (Lipinski definition) is 1. The molecular formula is C15H15NO3. The van der Waals surface area contributed by atoms with Crippen LogP contribution in [-0.4, -0.2) is 13.1 Å². The third-order valence-electron chi connectivity index (χ3n) is 2.68. The average Bonchev–Trinajstić information content (AvgIpc) is 2.46. The number of carbonyl (C=O) groups excluding carboxylic acids is 1. The van der Waals surface area contributed by atoms with Gasteiger partial charge in [0.05, 0.1) is 12.8 Å². The van der Waals surface area contributed by atoms with Crippen molar-refractivity contribution in [1.82, 2.24) is 0 Å². The molecule has 4 heteroatoms. The first-order valence-electron chi connectivity index (χ1n) is 5.86. The van der Waals surface area contributed by atoms with Crippen molar-refractivity contribution in [2.24, 2.45) is 0 Å². The quantitative estimate of drug-likeness (QED) is 0.675. The second-order valence-corrected chi connectivity index (χ2v) is 3.99. The molecule has 2 rings (SSSR count). The van der Waals surface area contributed by atoms with Gasteiger partial charge >= 0.3 is 5.97 Å². The van der Waals surface area contributed by atoms with E-state index in [0.717, 1.165) is 5.56 Å². The lowest BCUT2D eigenvalue weighted by Crippen LogP contribution is -2.08. The first-order chi connectivity index (χ1) is 9.22. The van der Waals surface area contributed by atoms with Crippen LogP contribution < -0.4 is 10.5 Å². The molecule has 0 aromatic heterocycles. The Morgan fingerprint density at radius 1 is 1.11 bits per heavy atom. The summed E-state index contributed by atoms with van der Waals surface area (Å²) < 4.78 is 10.4. The van der Waals surface area contributed by atoms with Gasteiger partial charge in [-0.2, -0.15) is 0 Å². The van der Waals surface area contributed by atoms with Gasteiger partial charge in [0.1, 0.15) is 12.2 Å². The van der Waals surface area contributed by atoms with Crippen LogP contribution >= 0.6 is 0 Å². The minimum Gasteiger partial charge on any atom is -0.486 e. The maximum atomic E-state index is 11.6. The Balaban J connectivity index is 2.22. The molecule has 0 aliphatic carbocycles. The van der Waals surface area contributed by atoms with E-state index < -0.39 is 5.97 Å². The van der Waals surface area contributed by atoms with E-state index in [4.69, 9.17) is 15.2 Å². The summed E-state index contributed by atoms with van der Waals surface area (Å²) in [6, 6.07) is 14.7. The lowest BCUT2D eigenvalue weighted by molar-refractivity contribution is 0.0595. The number of hydrogen-bond acceptors (Lipinski definition) is 4. The highest BCUT2D eigenvalue weighted by Crippen LogP contribution is 2.27. The number of anilines is 1. The van der Waals surface area contributed by atoms with Gasteiger partial charge in [0, 0.05) is 0 Å². The smallest absolute Gasteiger partial charge is 0.341 e. The van der Waals surface area contributed by atoms with E-state index in [2.05, 4.69) is 0 Å². The summed E-state index contributed by atoms with van der Waals surface area (Å²) in [6.45, 7) is 0.346. The van der Waals surface area contributed by atoms with Crippen LogP contribution in [0.3, 0.4) is 0 Å². The van der Waals surface area contributed by atoms with Gasteiger partial charge in [-0.15, -0.1) is 0 Å². The van der Waals surface area contributed by atoms with Gasteiger partial charge < -0.3 is 15.2 Å². The molecule has 2 N–H and O–H groups in total. The maximum Gasteiger partial charge on any atom is 0.341 e. The molecule has 19 heavy (non-hydrogen) atoms. The Bertz CT molecular complexity index is 567. The fourth-order valence-corrected chi connectivity index (χ4v) is 1.72. The predicted molar refractivity (Wildman–Crippen MR) is 73.0 cm³/mol. The predicted octanol–water partition coefficient (Wildman–Crippen LogP) is 2.63. The summed E-state index contributed by atoms with van der Waals surface area (Å²) >= 11 is 0. The second-order valence-electron chi connectivity index (χ2n) is 3.99. The SMILES string of the molecule is COC(=O)c1cccc(N)c1OCc1ccccc1. The number of ether oxygens (including phenoxy) is 2. The van der Waals surface area contributed by atoms with E-state index in [0.29, 0.717) is 23.6 Å². The topological polar surface area (TPSA) is 61.5 Å². The Hall–Kier alpha value is -2.49. The number of para-hydroxylation sites is 1. The highest BCUT2D eigenvalue weighted by molar-refractivity contribution is 5.94. The van der Waals surface area contributed by atoms with Gasteiger partial charge in [-0.25, -0.2) is 4.79 Å². The number of esters is 1. The van der Waals surface area contributed by atoms with Crippen LogP contribution in [0.2, 0.25) is 0 Å². The Labute approximate surface area is 111 Å². The number of rotatable bonds is 4. The Morgan fingerprint density at radius 3 is 2.53 bits per heavy atom. The Kier molecular flexibility index (Phi) is 4.03. The average molecular weight is 257 g/mol. The molecule has 0 heterocycles. The van der Waals surface area contributed by atoms with Gasteiger partial charge in [0.25, 0.3) is 0 Å². The van der Waals surface area contributed by atoms with Crippen molar-refractivity contribution in [3.8, 4) is 5.75 Å². The fraction of sp³-hybridized carbons (Fsp3) is 0.133. The van der Waals surface area contributed by atoms with Crippen LogP contribution in [0.1, 0.15) is 15.9 Å². The molecule has 0 atom stereocenters. The molecule has 0 saturated carbocycles. The lowest BCUT2D eigenvalue weighted by Gasteiger charge is -2.12. The number of benzene rings is 2. The largest absolute Gasteiger partial charge is 0.486 e. The van der Waals surface area contributed by atoms with Crippen LogP contribution in [0, 0.1) is 0 Å². The normalized spacial score (nSPS) is 9.95. The molecule has 0 amide bonds. The van der Waals surface area contributed by atoms with E-state index in [1.165, 1.54) is 7.11 Å². The summed E-state index contributed by atoms with van der Waals surface area (Å²) in [5.41, 5.74) is 7.59. The number of carbonyl (C=O) groups is 1. The van der Waals surface area contributed by atoms with Gasteiger partial charge in [0.2, 0.25) is 0 Å². The van der Waals surface area contributed by atoms with E-state index >= 15 is 0 Å². The minimum absolute atomic E-state index is 0.332. The molecule has 0 radical (unpaired) electrons. The van der Waals surface area contributed by atoms with Crippen molar-refractivity contribution in [3.63, 3.8) is 0 Å². The molecule has 0 aliphatic rings. The summed E-state index contributed by atoms with van der Waals surface area (Å²) in [7, 11) is 1.33. The number of nitrogen functional groups attached to an aromatic ring is 1. The zero-order chi connectivity index (χ0) is 13.7. The molecule has 0 aliphatic heterocycles. The zero-order valence-corrected chi connectivity index (χ0v) is 10.6. The van der Waals surface area contributed by atoms with Crippen molar-refractivity contribution < 1.29 is 14.3 Å². The minimum atomic E-state index is -0.463. The van der Waals surface area contributed by atoms with Gasteiger partial charge in [0.15, 0.2) is 5.75 Å². The van der Waals surface area contributed by atoms with Crippen LogP contribution in [-0.2, 0) is 11.3 Å². The van der Waals surface area contributed by atoms with Crippen molar-refractivity contribution in [1.29, 1.82) is 0 Å². The van der Waals surface area contributed by atoms with E-state index in [1.54, 1.807) is 18.2 Å². The van der Waals surface area contributed by atoms with E-state index in [1.807, 2.05) is 30.3 Å². The molecule has 2 aromatic carbocycles. The first kappa shape index (κ1) is 13.0. The molecule has 4 nitrogen and oxygen atoms in total. The fourth-order valence-electron chi connectivity index (χ4n) is 1.72. The van der Waals surface area contributed by atoms with Crippen LogP contribution in [0.5, 0.6) is 5.75 Å². The number of methoxy groups -OCH3 is 1. The van der Waals surface area contributed by atoms with Gasteiger partial charge in [-0.1, -0.05) is 36.4 Å². The third-order valence-corrected chi connectivity index (χ3v) is 2.68. The second kappa shape index (κ2) is 5.91. The maximum absolute atomic E-state index is 11.6. The van der Waals surface area contributed by atoms with Crippen LogP contribution in [0.15, 0.2) is 48.5 Å².